The second-order valence-corrected chi connectivity index (χ2v) is 6.28. The van der Waals surface area contributed by atoms with Crippen LogP contribution in [0.25, 0.3) is 22.6 Å². The number of nitrogens with zero attached hydrogens (tertiary/aromatic N) is 7. The van der Waals surface area contributed by atoms with E-state index in [1.54, 1.807) is 10.9 Å². The number of anilines is 1. The SMILES string of the molecule is Cc1nn(C)cc1-c1ccnc(N(C)Cc2nc(-c3ccccc3)no2)n1. The monoisotopic (exact) mass is 361 g/mol. The normalized spacial score (nSPS) is 10.9. The first-order valence-electron chi connectivity index (χ1n) is 8.53. The second kappa shape index (κ2) is 6.99. The maximum absolute atomic E-state index is 5.38. The van der Waals surface area contributed by atoms with E-state index in [4.69, 9.17) is 4.52 Å². The molecule has 0 aliphatic rings. The molecule has 1 aromatic carbocycles. The van der Waals surface area contributed by atoms with Gasteiger partial charge in [-0.25, -0.2) is 9.97 Å². The van der Waals surface area contributed by atoms with Crippen molar-refractivity contribution in [2.75, 3.05) is 11.9 Å². The van der Waals surface area contributed by atoms with Gasteiger partial charge in [-0.3, -0.25) is 4.68 Å². The molecule has 0 aliphatic carbocycles. The van der Waals surface area contributed by atoms with Crippen molar-refractivity contribution in [3.8, 4) is 22.6 Å². The fourth-order valence-electron chi connectivity index (χ4n) is 2.83. The maximum Gasteiger partial charge on any atom is 0.246 e. The van der Waals surface area contributed by atoms with E-state index in [0.717, 1.165) is 22.5 Å². The van der Waals surface area contributed by atoms with Crippen LogP contribution in [0.1, 0.15) is 11.6 Å². The summed E-state index contributed by atoms with van der Waals surface area (Å²) in [6.07, 6.45) is 3.69. The van der Waals surface area contributed by atoms with Crippen LogP contribution in [0, 0.1) is 6.92 Å². The summed E-state index contributed by atoms with van der Waals surface area (Å²) in [5, 5.41) is 8.42. The van der Waals surface area contributed by atoms with Crippen LogP contribution < -0.4 is 4.90 Å². The summed E-state index contributed by atoms with van der Waals surface area (Å²) in [6.45, 7) is 2.37. The highest BCUT2D eigenvalue weighted by molar-refractivity contribution is 5.61. The Balaban J connectivity index is 1.54. The van der Waals surface area contributed by atoms with Gasteiger partial charge in [-0.15, -0.1) is 0 Å². The van der Waals surface area contributed by atoms with Crippen molar-refractivity contribution in [2.24, 2.45) is 7.05 Å². The number of aromatic nitrogens is 6. The van der Waals surface area contributed by atoms with E-state index in [0.29, 0.717) is 24.2 Å². The average molecular weight is 361 g/mol. The Morgan fingerprint density at radius 3 is 2.67 bits per heavy atom. The fraction of sp³-hybridized carbons (Fsp3) is 0.211. The van der Waals surface area contributed by atoms with Gasteiger partial charge in [-0.2, -0.15) is 10.1 Å². The zero-order valence-electron chi connectivity index (χ0n) is 15.4. The number of rotatable bonds is 5. The number of hydrogen-bond acceptors (Lipinski definition) is 7. The standard InChI is InChI=1S/C19H19N7O/c1-13-15(11-26(3)23-13)16-9-10-20-19(21-16)25(2)12-17-22-18(24-27-17)14-7-5-4-6-8-14/h4-11H,12H2,1-3H3. The van der Waals surface area contributed by atoms with Crippen LogP contribution >= 0.6 is 0 Å². The minimum atomic E-state index is 0.412. The van der Waals surface area contributed by atoms with Gasteiger partial charge in [-0.1, -0.05) is 35.5 Å². The summed E-state index contributed by atoms with van der Waals surface area (Å²) in [5.41, 5.74) is 3.65. The molecule has 0 spiro atoms. The molecule has 0 saturated carbocycles. The molecule has 8 heteroatoms. The zero-order valence-corrected chi connectivity index (χ0v) is 15.4. The highest BCUT2D eigenvalue weighted by atomic mass is 16.5. The summed E-state index contributed by atoms with van der Waals surface area (Å²) in [5.74, 6) is 1.65. The van der Waals surface area contributed by atoms with Gasteiger partial charge in [0, 0.05) is 37.6 Å². The predicted molar refractivity (Wildman–Crippen MR) is 101 cm³/mol. The highest BCUT2D eigenvalue weighted by Gasteiger charge is 2.14. The van der Waals surface area contributed by atoms with Crippen molar-refractivity contribution < 1.29 is 4.52 Å². The Kier molecular flexibility index (Phi) is 4.37. The molecule has 0 fully saturated rings. The topological polar surface area (TPSA) is 85.8 Å². The van der Waals surface area contributed by atoms with Crippen molar-refractivity contribution >= 4 is 5.95 Å². The lowest BCUT2D eigenvalue weighted by Crippen LogP contribution is -2.19. The molecule has 8 nitrogen and oxygen atoms in total. The van der Waals surface area contributed by atoms with E-state index in [9.17, 15) is 0 Å². The smallest absolute Gasteiger partial charge is 0.246 e. The van der Waals surface area contributed by atoms with Crippen LogP contribution in [0.3, 0.4) is 0 Å². The molecule has 3 heterocycles. The van der Waals surface area contributed by atoms with Gasteiger partial charge in [0.1, 0.15) is 0 Å². The van der Waals surface area contributed by atoms with Gasteiger partial charge in [0.2, 0.25) is 17.7 Å². The molecule has 0 unspecified atom stereocenters. The molecule has 0 bridgehead atoms. The first-order chi connectivity index (χ1) is 13.1. The summed E-state index contributed by atoms with van der Waals surface area (Å²) < 4.78 is 7.15. The van der Waals surface area contributed by atoms with E-state index in [1.165, 1.54) is 0 Å². The molecule has 136 valence electrons. The summed E-state index contributed by atoms with van der Waals surface area (Å²) in [7, 11) is 3.78. The van der Waals surface area contributed by atoms with Crippen molar-refractivity contribution in [3.63, 3.8) is 0 Å². The van der Waals surface area contributed by atoms with Gasteiger partial charge >= 0.3 is 0 Å². The quantitative estimate of drug-likeness (QED) is 0.540. The van der Waals surface area contributed by atoms with Gasteiger partial charge in [-0.05, 0) is 13.0 Å². The maximum atomic E-state index is 5.38. The summed E-state index contributed by atoms with van der Waals surface area (Å²) in [4.78, 5) is 15.3. The van der Waals surface area contributed by atoms with Crippen LogP contribution in [0.2, 0.25) is 0 Å². The van der Waals surface area contributed by atoms with E-state index in [1.807, 2.05) is 68.5 Å². The molecule has 27 heavy (non-hydrogen) atoms. The third-order valence-electron chi connectivity index (χ3n) is 4.15. The minimum Gasteiger partial charge on any atom is -0.337 e. The van der Waals surface area contributed by atoms with Crippen LogP contribution in [0.4, 0.5) is 5.95 Å². The molecular weight excluding hydrogens is 342 g/mol. The first kappa shape index (κ1) is 16.9. The first-order valence-corrected chi connectivity index (χ1v) is 8.53. The number of benzene rings is 1. The lowest BCUT2D eigenvalue weighted by Gasteiger charge is -2.14. The van der Waals surface area contributed by atoms with Gasteiger partial charge < -0.3 is 9.42 Å². The number of aryl methyl sites for hydroxylation is 2. The lowest BCUT2D eigenvalue weighted by molar-refractivity contribution is 0.378. The van der Waals surface area contributed by atoms with E-state index in [2.05, 4.69) is 25.2 Å². The van der Waals surface area contributed by atoms with Crippen LogP contribution in [0.15, 0.2) is 53.3 Å². The zero-order chi connectivity index (χ0) is 18.8. The lowest BCUT2D eigenvalue weighted by atomic mass is 10.2. The van der Waals surface area contributed by atoms with Crippen molar-refractivity contribution in [3.05, 3.63) is 60.4 Å². The van der Waals surface area contributed by atoms with Crippen LogP contribution in [0.5, 0.6) is 0 Å². The molecule has 0 atom stereocenters. The molecule has 0 saturated heterocycles. The second-order valence-electron chi connectivity index (χ2n) is 6.28. The molecule has 4 rings (SSSR count). The third-order valence-corrected chi connectivity index (χ3v) is 4.15. The van der Waals surface area contributed by atoms with Gasteiger partial charge in [0.25, 0.3) is 0 Å². The van der Waals surface area contributed by atoms with Crippen molar-refractivity contribution in [1.82, 2.24) is 29.9 Å². The Labute approximate surface area is 156 Å². The van der Waals surface area contributed by atoms with Crippen LogP contribution in [-0.4, -0.2) is 36.9 Å². The molecule has 0 aliphatic heterocycles. The Bertz CT molecular complexity index is 1050. The molecule has 3 aromatic heterocycles. The molecule has 0 radical (unpaired) electrons. The molecule has 0 amide bonds. The van der Waals surface area contributed by atoms with Crippen LogP contribution in [-0.2, 0) is 13.6 Å². The Morgan fingerprint density at radius 2 is 1.93 bits per heavy atom. The average Bonchev–Trinajstić information content (AvgIpc) is 3.28. The van der Waals surface area contributed by atoms with E-state index < -0.39 is 0 Å². The van der Waals surface area contributed by atoms with E-state index in [-0.39, 0.29) is 0 Å². The summed E-state index contributed by atoms with van der Waals surface area (Å²) >= 11 is 0. The Morgan fingerprint density at radius 1 is 1.11 bits per heavy atom. The highest BCUT2D eigenvalue weighted by Crippen LogP contribution is 2.22. The van der Waals surface area contributed by atoms with Gasteiger partial charge in [0.15, 0.2) is 0 Å². The molecule has 0 N–H and O–H groups in total. The summed E-state index contributed by atoms with van der Waals surface area (Å²) in [6, 6.07) is 11.6. The fourth-order valence-corrected chi connectivity index (χ4v) is 2.83. The molecular formula is C19H19N7O. The number of hydrogen-bond donors (Lipinski definition) is 0. The van der Waals surface area contributed by atoms with Crippen molar-refractivity contribution in [1.29, 1.82) is 0 Å². The Hall–Kier alpha value is -3.55. The van der Waals surface area contributed by atoms with Gasteiger partial charge in [0.05, 0.1) is 17.9 Å². The predicted octanol–water partition coefficient (Wildman–Crippen LogP) is 2.87. The molecule has 4 aromatic rings. The van der Waals surface area contributed by atoms with Crippen molar-refractivity contribution in [2.45, 2.75) is 13.5 Å². The van der Waals surface area contributed by atoms with E-state index >= 15 is 0 Å². The third kappa shape index (κ3) is 3.55. The minimum absolute atomic E-state index is 0.412. The largest absolute Gasteiger partial charge is 0.337 e.